The number of nitrogens with two attached hydrogens (primary N) is 1. The Morgan fingerprint density at radius 2 is 1.63 bits per heavy atom. The highest BCUT2D eigenvalue weighted by Gasteiger charge is 2.09. The standard InChI is InChI=1S/C15H17N3O/c1-10-6-5-7-11(2)14(10)17-18-15(19)12-8-3-4-9-13(12)16/h3-9,17H,16H2,1-2H3,(H,18,19). The van der Waals surface area contributed by atoms with Gasteiger partial charge in [0.15, 0.2) is 0 Å². The normalized spacial score (nSPS) is 10.0. The van der Waals surface area contributed by atoms with E-state index in [1.54, 1.807) is 24.3 Å². The van der Waals surface area contributed by atoms with E-state index in [-0.39, 0.29) is 5.91 Å². The molecule has 0 aliphatic carbocycles. The summed E-state index contributed by atoms with van der Waals surface area (Å²) in [5.74, 6) is -0.249. The van der Waals surface area contributed by atoms with Gasteiger partial charge in [-0.2, -0.15) is 0 Å². The van der Waals surface area contributed by atoms with Gasteiger partial charge >= 0.3 is 0 Å². The third-order valence-corrected chi connectivity index (χ3v) is 2.99. The fourth-order valence-corrected chi connectivity index (χ4v) is 1.90. The van der Waals surface area contributed by atoms with Gasteiger partial charge in [0.1, 0.15) is 0 Å². The van der Waals surface area contributed by atoms with E-state index in [9.17, 15) is 4.79 Å². The molecular weight excluding hydrogens is 238 g/mol. The average molecular weight is 255 g/mol. The van der Waals surface area contributed by atoms with Gasteiger partial charge in [0.25, 0.3) is 5.91 Å². The lowest BCUT2D eigenvalue weighted by Gasteiger charge is -2.14. The number of benzene rings is 2. The van der Waals surface area contributed by atoms with Crippen LogP contribution in [0.1, 0.15) is 21.5 Å². The van der Waals surface area contributed by atoms with Crippen LogP contribution in [-0.2, 0) is 0 Å². The minimum absolute atomic E-state index is 0.249. The maximum absolute atomic E-state index is 12.0. The fourth-order valence-electron chi connectivity index (χ4n) is 1.90. The van der Waals surface area contributed by atoms with E-state index in [1.165, 1.54) is 0 Å². The second kappa shape index (κ2) is 5.44. The molecule has 19 heavy (non-hydrogen) atoms. The molecule has 2 rings (SSSR count). The summed E-state index contributed by atoms with van der Waals surface area (Å²) in [6, 6.07) is 12.9. The molecule has 0 spiro atoms. The van der Waals surface area contributed by atoms with Crippen LogP contribution in [-0.4, -0.2) is 5.91 Å². The Morgan fingerprint density at radius 3 is 2.26 bits per heavy atom. The summed E-state index contributed by atoms with van der Waals surface area (Å²) in [6.07, 6.45) is 0. The largest absolute Gasteiger partial charge is 0.398 e. The van der Waals surface area contributed by atoms with Crippen molar-refractivity contribution in [2.75, 3.05) is 11.2 Å². The molecule has 4 nitrogen and oxygen atoms in total. The Bertz CT molecular complexity index is 588. The maximum atomic E-state index is 12.0. The topological polar surface area (TPSA) is 67.1 Å². The lowest BCUT2D eigenvalue weighted by atomic mass is 10.1. The van der Waals surface area contributed by atoms with Crippen LogP contribution >= 0.6 is 0 Å². The zero-order chi connectivity index (χ0) is 13.8. The molecule has 4 N–H and O–H groups in total. The van der Waals surface area contributed by atoms with Crippen molar-refractivity contribution in [3.63, 3.8) is 0 Å². The summed E-state index contributed by atoms with van der Waals surface area (Å²) in [5, 5.41) is 0. The molecule has 0 aliphatic rings. The smallest absolute Gasteiger partial charge is 0.271 e. The Kier molecular flexibility index (Phi) is 3.71. The van der Waals surface area contributed by atoms with Gasteiger partial charge < -0.3 is 5.73 Å². The first kappa shape index (κ1) is 13.0. The van der Waals surface area contributed by atoms with E-state index >= 15 is 0 Å². The van der Waals surface area contributed by atoms with Crippen molar-refractivity contribution in [2.24, 2.45) is 0 Å². The first-order valence-corrected chi connectivity index (χ1v) is 6.06. The molecule has 98 valence electrons. The predicted octanol–water partition coefficient (Wildman–Crippen LogP) is 2.64. The highest BCUT2D eigenvalue weighted by atomic mass is 16.2. The van der Waals surface area contributed by atoms with Gasteiger partial charge in [-0.1, -0.05) is 30.3 Å². The second-order valence-corrected chi connectivity index (χ2v) is 4.43. The van der Waals surface area contributed by atoms with Crippen molar-refractivity contribution < 1.29 is 4.79 Å². The highest BCUT2D eigenvalue weighted by Crippen LogP contribution is 2.18. The number of amides is 1. The number of rotatable bonds is 3. The number of hydrazine groups is 1. The third-order valence-electron chi connectivity index (χ3n) is 2.99. The summed E-state index contributed by atoms with van der Waals surface area (Å²) >= 11 is 0. The van der Waals surface area contributed by atoms with E-state index in [0.717, 1.165) is 16.8 Å². The van der Waals surface area contributed by atoms with Crippen LogP contribution in [0.3, 0.4) is 0 Å². The molecule has 0 atom stereocenters. The van der Waals surface area contributed by atoms with Gasteiger partial charge in [0.05, 0.1) is 11.3 Å². The number of nitrogen functional groups attached to an aromatic ring is 1. The zero-order valence-electron chi connectivity index (χ0n) is 11.0. The van der Waals surface area contributed by atoms with Crippen molar-refractivity contribution in [2.45, 2.75) is 13.8 Å². The van der Waals surface area contributed by atoms with E-state index < -0.39 is 0 Å². The molecule has 0 saturated carbocycles. The predicted molar refractivity (Wildman–Crippen MR) is 77.9 cm³/mol. The van der Waals surface area contributed by atoms with Crippen LogP contribution in [0.25, 0.3) is 0 Å². The molecule has 0 heterocycles. The van der Waals surface area contributed by atoms with Crippen LogP contribution in [0.5, 0.6) is 0 Å². The molecule has 0 saturated heterocycles. The lowest BCUT2D eigenvalue weighted by Crippen LogP contribution is -2.30. The molecule has 2 aromatic carbocycles. The number of carbonyl (C=O) groups is 1. The lowest BCUT2D eigenvalue weighted by molar-refractivity contribution is 0.0963. The summed E-state index contributed by atoms with van der Waals surface area (Å²) in [4.78, 5) is 12.0. The Morgan fingerprint density at radius 1 is 1.00 bits per heavy atom. The molecule has 0 radical (unpaired) electrons. The van der Waals surface area contributed by atoms with Crippen molar-refractivity contribution in [3.05, 3.63) is 59.2 Å². The minimum Gasteiger partial charge on any atom is -0.398 e. The Labute approximate surface area is 112 Å². The summed E-state index contributed by atoms with van der Waals surface area (Å²) in [5.41, 5.74) is 15.4. The number of para-hydroxylation sites is 2. The number of nitrogens with one attached hydrogen (secondary N) is 2. The van der Waals surface area contributed by atoms with Gasteiger partial charge in [0.2, 0.25) is 0 Å². The van der Waals surface area contributed by atoms with Gasteiger partial charge in [-0.25, -0.2) is 0 Å². The van der Waals surface area contributed by atoms with Gasteiger partial charge in [0, 0.05) is 5.69 Å². The third kappa shape index (κ3) is 2.85. The highest BCUT2D eigenvalue weighted by molar-refractivity contribution is 5.99. The quantitative estimate of drug-likeness (QED) is 0.583. The molecule has 0 fully saturated rings. The molecular formula is C15H17N3O. The van der Waals surface area contributed by atoms with Crippen LogP contribution < -0.4 is 16.6 Å². The van der Waals surface area contributed by atoms with E-state index in [0.29, 0.717) is 11.3 Å². The molecule has 0 aliphatic heterocycles. The number of hydrogen-bond donors (Lipinski definition) is 3. The van der Waals surface area contributed by atoms with Crippen molar-refractivity contribution in [1.82, 2.24) is 5.43 Å². The van der Waals surface area contributed by atoms with Crippen LogP contribution in [0.4, 0.5) is 11.4 Å². The van der Waals surface area contributed by atoms with Gasteiger partial charge in [-0.05, 0) is 37.1 Å². The maximum Gasteiger partial charge on any atom is 0.271 e. The molecule has 4 heteroatoms. The Balaban J connectivity index is 2.11. The van der Waals surface area contributed by atoms with Crippen LogP contribution in [0.15, 0.2) is 42.5 Å². The number of aryl methyl sites for hydroxylation is 2. The molecule has 0 unspecified atom stereocenters. The fraction of sp³-hybridized carbons (Fsp3) is 0.133. The zero-order valence-corrected chi connectivity index (χ0v) is 11.0. The molecule has 2 aromatic rings. The Hall–Kier alpha value is -2.49. The van der Waals surface area contributed by atoms with Crippen LogP contribution in [0, 0.1) is 13.8 Å². The number of carbonyl (C=O) groups excluding carboxylic acids is 1. The molecule has 1 amide bonds. The van der Waals surface area contributed by atoms with Crippen molar-refractivity contribution in [1.29, 1.82) is 0 Å². The first-order valence-electron chi connectivity index (χ1n) is 6.06. The monoisotopic (exact) mass is 255 g/mol. The molecule has 0 aromatic heterocycles. The van der Waals surface area contributed by atoms with Crippen molar-refractivity contribution >= 4 is 17.3 Å². The SMILES string of the molecule is Cc1cccc(C)c1NNC(=O)c1ccccc1N. The summed E-state index contributed by atoms with van der Waals surface area (Å²) < 4.78 is 0. The summed E-state index contributed by atoms with van der Waals surface area (Å²) in [6.45, 7) is 3.97. The van der Waals surface area contributed by atoms with Crippen LogP contribution in [0.2, 0.25) is 0 Å². The van der Waals surface area contributed by atoms with Gasteiger partial charge in [-0.15, -0.1) is 0 Å². The average Bonchev–Trinajstić information content (AvgIpc) is 2.38. The van der Waals surface area contributed by atoms with E-state index in [4.69, 9.17) is 5.73 Å². The first-order chi connectivity index (χ1) is 9.09. The number of anilines is 2. The summed E-state index contributed by atoms with van der Waals surface area (Å²) in [7, 11) is 0. The second-order valence-electron chi connectivity index (χ2n) is 4.43. The van der Waals surface area contributed by atoms with Gasteiger partial charge in [-0.3, -0.25) is 15.6 Å². The van der Waals surface area contributed by atoms with Crippen molar-refractivity contribution in [3.8, 4) is 0 Å². The molecule has 0 bridgehead atoms. The number of hydrogen-bond acceptors (Lipinski definition) is 3. The van der Waals surface area contributed by atoms with E-state index in [2.05, 4.69) is 10.9 Å². The minimum atomic E-state index is -0.249. The van der Waals surface area contributed by atoms with E-state index in [1.807, 2.05) is 32.0 Å².